The lowest BCUT2D eigenvalue weighted by Gasteiger charge is -2.32. The molecular weight excluding hydrogens is 430 g/mol. The molecule has 1 fully saturated rings. The van der Waals surface area contributed by atoms with Crippen LogP contribution in [-0.4, -0.2) is 46.7 Å². The Kier molecular flexibility index (Phi) is 7.01. The van der Waals surface area contributed by atoms with E-state index in [0.29, 0.717) is 31.0 Å². The zero-order chi connectivity index (χ0) is 24.2. The van der Waals surface area contributed by atoms with Crippen LogP contribution in [0.2, 0.25) is 0 Å². The number of aryl methyl sites for hydroxylation is 3. The molecule has 1 saturated heterocycles. The molecule has 3 aromatic rings. The molecule has 0 unspecified atom stereocenters. The number of furan rings is 2. The fraction of sp³-hybridized carbons (Fsp3) is 0.370. The van der Waals surface area contributed by atoms with Crippen LogP contribution in [0.1, 0.15) is 63.3 Å². The van der Waals surface area contributed by atoms with E-state index < -0.39 is 0 Å². The number of likely N-dealkylation sites (tertiary alicyclic amines) is 1. The highest BCUT2D eigenvalue weighted by Gasteiger charge is 2.28. The van der Waals surface area contributed by atoms with Gasteiger partial charge in [0.1, 0.15) is 17.3 Å². The van der Waals surface area contributed by atoms with Crippen LogP contribution in [0.15, 0.2) is 51.5 Å². The van der Waals surface area contributed by atoms with E-state index >= 15 is 0 Å². The van der Waals surface area contributed by atoms with Crippen LogP contribution in [0.3, 0.4) is 0 Å². The minimum atomic E-state index is -0.0793. The number of nitrogens with zero attached hydrogens (tertiary/aromatic N) is 3. The predicted molar refractivity (Wildman–Crippen MR) is 129 cm³/mol. The largest absolute Gasteiger partial charge is 0.467 e. The third kappa shape index (κ3) is 5.30. The first-order chi connectivity index (χ1) is 16.3. The van der Waals surface area contributed by atoms with E-state index in [1.54, 1.807) is 30.4 Å². The summed E-state index contributed by atoms with van der Waals surface area (Å²) < 4.78 is 11.0. The van der Waals surface area contributed by atoms with Gasteiger partial charge >= 0.3 is 0 Å². The first-order valence-electron chi connectivity index (χ1n) is 11.6. The van der Waals surface area contributed by atoms with Crippen LogP contribution >= 0.6 is 0 Å². The van der Waals surface area contributed by atoms with Crippen molar-refractivity contribution in [3.8, 4) is 0 Å². The van der Waals surface area contributed by atoms with Crippen LogP contribution < -0.4 is 0 Å². The van der Waals surface area contributed by atoms with Gasteiger partial charge in [-0.05, 0) is 75.6 Å². The number of carbonyl (C=O) groups is 2. The number of aromatic nitrogens is 1. The van der Waals surface area contributed by atoms with Gasteiger partial charge in [-0.3, -0.25) is 14.6 Å². The van der Waals surface area contributed by atoms with E-state index in [1.807, 2.05) is 56.0 Å². The first kappa shape index (κ1) is 23.5. The Morgan fingerprint density at radius 3 is 2.59 bits per heavy atom. The minimum Gasteiger partial charge on any atom is -0.467 e. The Hall–Kier alpha value is -3.61. The van der Waals surface area contributed by atoms with Gasteiger partial charge in [0.2, 0.25) is 5.91 Å². The average Bonchev–Trinajstić information content (AvgIpc) is 3.46. The van der Waals surface area contributed by atoms with Crippen LogP contribution in [0.5, 0.6) is 0 Å². The zero-order valence-electron chi connectivity index (χ0n) is 20.2. The molecule has 0 saturated carbocycles. The van der Waals surface area contributed by atoms with Gasteiger partial charge in [0.05, 0.1) is 24.1 Å². The quantitative estimate of drug-likeness (QED) is 0.489. The first-order valence-corrected chi connectivity index (χ1v) is 11.6. The van der Waals surface area contributed by atoms with E-state index in [4.69, 9.17) is 13.8 Å². The average molecular weight is 462 g/mol. The third-order valence-electron chi connectivity index (χ3n) is 6.38. The molecule has 2 amide bonds. The predicted octanol–water partition coefficient (Wildman–Crippen LogP) is 4.88. The highest BCUT2D eigenvalue weighted by molar-refractivity contribution is 5.95. The lowest BCUT2D eigenvalue weighted by Crippen LogP contribution is -2.37. The van der Waals surface area contributed by atoms with Crippen molar-refractivity contribution in [1.82, 2.24) is 14.8 Å². The molecule has 0 aliphatic carbocycles. The number of hydrogen-bond acceptors (Lipinski definition) is 5. The third-order valence-corrected chi connectivity index (χ3v) is 6.38. The summed E-state index contributed by atoms with van der Waals surface area (Å²) in [5.41, 5.74) is 3.39. The van der Waals surface area contributed by atoms with Gasteiger partial charge in [0.25, 0.3) is 5.91 Å². The second-order valence-corrected chi connectivity index (χ2v) is 8.95. The molecule has 0 atom stereocenters. The van der Waals surface area contributed by atoms with Gasteiger partial charge in [-0.1, -0.05) is 0 Å². The molecule has 0 radical (unpaired) electrons. The number of piperidine rings is 1. The molecule has 1 aliphatic heterocycles. The monoisotopic (exact) mass is 461 g/mol. The molecule has 7 nitrogen and oxygen atoms in total. The Morgan fingerprint density at radius 1 is 1.18 bits per heavy atom. The van der Waals surface area contributed by atoms with Crippen molar-refractivity contribution in [1.29, 1.82) is 0 Å². The van der Waals surface area contributed by atoms with Gasteiger partial charge in [-0.25, -0.2) is 0 Å². The van der Waals surface area contributed by atoms with Crippen LogP contribution in [0.4, 0.5) is 0 Å². The summed E-state index contributed by atoms with van der Waals surface area (Å²) >= 11 is 0. The lowest BCUT2D eigenvalue weighted by molar-refractivity contribution is -0.127. The van der Waals surface area contributed by atoms with E-state index in [0.717, 1.165) is 41.3 Å². The van der Waals surface area contributed by atoms with E-state index in [2.05, 4.69) is 0 Å². The summed E-state index contributed by atoms with van der Waals surface area (Å²) in [6, 6.07) is 9.34. The molecular formula is C27H31N3O4. The van der Waals surface area contributed by atoms with E-state index in [1.165, 1.54) is 0 Å². The molecule has 0 bridgehead atoms. The smallest absolute Gasteiger partial charge is 0.255 e. The number of carbonyl (C=O) groups excluding carboxylic acids is 2. The number of hydrogen-bond donors (Lipinski definition) is 0. The summed E-state index contributed by atoms with van der Waals surface area (Å²) in [6.45, 7) is 7.46. The number of pyridine rings is 1. The van der Waals surface area contributed by atoms with Gasteiger partial charge < -0.3 is 18.6 Å². The van der Waals surface area contributed by atoms with E-state index in [9.17, 15) is 9.59 Å². The maximum Gasteiger partial charge on any atom is 0.255 e. The molecule has 4 rings (SSSR count). The second kappa shape index (κ2) is 10.1. The van der Waals surface area contributed by atoms with Gasteiger partial charge in [0, 0.05) is 37.8 Å². The van der Waals surface area contributed by atoms with Crippen molar-refractivity contribution in [2.45, 2.75) is 46.1 Å². The van der Waals surface area contributed by atoms with Crippen LogP contribution in [-0.2, 0) is 11.3 Å². The van der Waals surface area contributed by atoms with E-state index in [-0.39, 0.29) is 17.7 Å². The van der Waals surface area contributed by atoms with Crippen molar-refractivity contribution in [2.24, 2.45) is 0 Å². The molecule has 34 heavy (non-hydrogen) atoms. The van der Waals surface area contributed by atoms with Crippen molar-refractivity contribution >= 4 is 17.9 Å². The maximum absolute atomic E-state index is 13.2. The fourth-order valence-electron chi connectivity index (χ4n) is 4.30. The zero-order valence-corrected chi connectivity index (χ0v) is 20.2. The summed E-state index contributed by atoms with van der Waals surface area (Å²) in [4.78, 5) is 34.2. The molecule has 3 aromatic heterocycles. The van der Waals surface area contributed by atoms with Gasteiger partial charge in [-0.15, -0.1) is 0 Å². The van der Waals surface area contributed by atoms with Crippen molar-refractivity contribution in [3.05, 3.63) is 82.5 Å². The molecule has 1 aliphatic rings. The van der Waals surface area contributed by atoms with Crippen molar-refractivity contribution in [3.63, 3.8) is 0 Å². The fourth-order valence-corrected chi connectivity index (χ4v) is 4.30. The van der Waals surface area contributed by atoms with Crippen molar-refractivity contribution < 1.29 is 18.4 Å². The Morgan fingerprint density at radius 2 is 1.94 bits per heavy atom. The molecule has 0 N–H and O–H groups in total. The molecule has 7 heteroatoms. The second-order valence-electron chi connectivity index (χ2n) is 8.95. The van der Waals surface area contributed by atoms with Crippen LogP contribution in [0.25, 0.3) is 6.08 Å². The molecule has 0 aromatic carbocycles. The molecule has 0 spiro atoms. The minimum absolute atomic E-state index is 0.0307. The Bertz CT molecular complexity index is 1170. The highest BCUT2D eigenvalue weighted by Crippen LogP contribution is 2.30. The normalized spacial score (nSPS) is 14.6. The summed E-state index contributed by atoms with van der Waals surface area (Å²) in [5, 5.41) is 0. The summed E-state index contributed by atoms with van der Waals surface area (Å²) in [5.74, 6) is 2.29. The topological polar surface area (TPSA) is 79.8 Å². The summed E-state index contributed by atoms with van der Waals surface area (Å²) in [6.07, 6.45) is 6.42. The Balaban J connectivity index is 1.42. The number of amides is 2. The SMILES string of the molecule is Cc1ccc(C(=O)N(C)Cc2ccco2)c(C2CCN(C(=O)C=Cc3cc(C)c(C)o3)CC2)n1. The summed E-state index contributed by atoms with van der Waals surface area (Å²) in [7, 11) is 1.77. The molecule has 178 valence electrons. The van der Waals surface area contributed by atoms with Gasteiger partial charge in [0.15, 0.2) is 0 Å². The Labute approximate surface area is 200 Å². The van der Waals surface area contributed by atoms with Crippen molar-refractivity contribution in [2.75, 3.05) is 20.1 Å². The standard InChI is InChI=1S/C27H31N3O4/c1-18-16-22(34-20(18)3)8-10-25(31)30-13-11-21(12-14-30)26-24(9-7-19(2)28-26)27(32)29(4)17-23-6-5-15-33-23/h5-10,15-16,21H,11-14,17H2,1-4H3. The maximum atomic E-state index is 13.2. The molecule has 4 heterocycles. The lowest BCUT2D eigenvalue weighted by atomic mass is 9.89. The van der Waals surface area contributed by atoms with Gasteiger partial charge in [-0.2, -0.15) is 0 Å². The van der Waals surface area contributed by atoms with Crippen LogP contribution in [0, 0.1) is 20.8 Å². The highest BCUT2D eigenvalue weighted by atomic mass is 16.3. The number of rotatable bonds is 6.